The average Bonchev–Trinajstić information content (AvgIpc) is 3.39. The maximum atomic E-state index is 13.8. The fourth-order valence-electron chi connectivity index (χ4n) is 5.09. The smallest absolute Gasteiger partial charge is 0.284 e. The minimum Gasteiger partial charge on any atom is -0.359 e. The minimum atomic E-state index is -2.79. The molecule has 1 amide bonds. The first-order valence-corrected chi connectivity index (χ1v) is 12.5. The van der Waals surface area contributed by atoms with Crippen molar-refractivity contribution >= 4 is 23.1 Å². The Morgan fingerprint density at radius 1 is 1.20 bits per heavy atom. The van der Waals surface area contributed by atoms with Crippen molar-refractivity contribution < 1.29 is 13.6 Å². The summed E-state index contributed by atoms with van der Waals surface area (Å²) in [5, 5.41) is 11.1. The highest BCUT2D eigenvalue weighted by molar-refractivity contribution is 6.08. The Labute approximate surface area is 203 Å². The normalized spacial score (nSPS) is 20.7. The van der Waals surface area contributed by atoms with E-state index >= 15 is 0 Å². The molecule has 1 N–H and O–H groups in total. The van der Waals surface area contributed by atoms with Crippen LogP contribution < -0.4 is 10.2 Å². The van der Waals surface area contributed by atoms with Crippen LogP contribution in [0.1, 0.15) is 80.9 Å². The van der Waals surface area contributed by atoms with Gasteiger partial charge in [0.1, 0.15) is 11.4 Å². The molecule has 0 bridgehead atoms. The number of alkyl halides is 2. The van der Waals surface area contributed by atoms with Gasteiger partial charge >= 0.3 is 0 Å². The van der Waals surface area contributed by atoms with Crippen LogP contribution in [-0.4, -0.2) is 43.9 Å². The first-order valence-electron chi connectivity index (χ1n) is 12.5. The molecule has 0 unspecified atom stereocenters. The van der Waals surface area contributed by atoms with E-state index in [1.807, 2.05) is 13.1 Å². The summed E-state index contributed by atoms with van der Waals surface area (Å²) in [6.45, 7) is 5.37. The van der Waals surface area contributed by atoms with Gasteiger partial charge < -0.3 is 10.2 Å². The van der Waals surface area contributed by atoms with E-state index in [4.69, 9.17) is 0 Å². The van der Waals surface area contributed by atoms with Crippen molar-refractivity contribution in [1.29, 1.82) is 0 Å². The quantitative estimate of drug-likeness (QED) is 0.465. The highest BCUT2D eigenvalue weighted by Crippen LogP contribution is 2.37. The van der Waals surface area contributed by atoms with E-state index in [1.165, 1.54) is 23.6 Å². The van der Waals surface area contributed by atoms with E-state index in [9.17, 15) is 13.6 Å². The summed E-state index contributed by atoms with van der Waals surface area (Å²) < 4.78 is 30.8. The molecule has 3 aromatic heterocycles. The Balaban J connectivity index is 1.35. The zero-order valence-electron chi connectivity index (χ0n) is 20.5. The van der Waals surface area contributed by atoms with Gasteiger partial charge in [0.25, 0.3) is 12.3 Å². The summed E-state index contributed by atoms with van der Waals surface area (Å²) in [6, 6.07) is 1.92. The number of hydrogen-bond donors (Lipinski definition) is 1. The van der Waals surface area contributed by atoms with Gasteiger partial charge in [0.15, 0.2) is 11.3 Å². The van der Waals surface area contributed by atoms with Crippen molar-refractivity contribution in [2.45, 2.75) is 64.8 Å². The molecule has 0 saturated heterocycles. The third kappa shape index (κ3) is 5.01. The number of nitrogens with one attached hydrogen (secondary N) is 1. The number of carbonyl (C=O) groups is 1. The number of fused-ring (bicyclic) bond motifs is 1. The molecule has 0 aliphatic heterocycles. The average molecular weight is 486 g/mol. The van der Waals surface area contributed by atoms with E-state index in [2.05, 4.69) is 39.2 Å². The molecule has 8 nitrogen and oxygen atoms in total. The van der Waals surface area contributed by atoms with Crippen LogP contribution in [0.3, 0.4) is 0 Å². The van der Waals surface area contributed by atoms with E-state index < -0.39 is 18.0 Å². The molecule has 2 fully saturated rings. The number of aromatic nitrogens is 5. The first kappa shape index (κ1) is 23.7. The molecule has 35 heavy (non-hydrogen) atoms. The molecule has 5 rings (SSSR count). The Morgan fingerprint density at radius 2 is 1.94 bits per heavy atom. The molecule has 0 spiro atoms. The zero-order valence-corrected chi connectivity index (χ0v) is 20.5. The number of hydrogen-bond acceptors (Lipinski definition) is 5. The van der Waals surface area contributed by atoms with Crippen molar-refractivity contribution in [3.05, 3.63) is 35.9 Å². The Hall–Kier alpha value is -3.04. The molecule has 2 saturated carbocycles. The fraction of sp³-hybridized carbons (Fsp3) is 0.600. The van der Waals surface area contributed by atoms with Crippen LogP contribution in [0.2, 0.25) is 0 Å². The Morgan fingerprint density at radius 3 is 2.60 bits per heavy atom. The van der Waals surface area contributed by atoms with E-state index in [0.717, 1.165) is 38.0 Å². The van der Waals surface area contributed by atoms with Gasteiger partial charge in [0.05, 0.1) is 17.9 Å². The number of carbonyl (C=O) groups excluding carboxylic acids is 1. The largest absolute Gasteiger partial charge is 0.359 e. The fourth-order valence-corrected chi connectivity index (χ4v) is 5.09. The van der Waals surface area contributed by atoms with Crippen molar-refractivity contribution in [3.8, 4) is 0 Å². The predicted octanol–water partition coefficient (Wildman–Crippen LogP) is 5.35. The molecule has 10 heteroatoms. The maximum Gasteiger partial charge on any atom is 0.284 e. The molecule has 0 atom stereocenters. The number of nitrogens with zero attached hydrogens (tertiary/aromatic N) is 6. The molecular weight excluding hydrogens is 452 g/mol. The lowest BCUT2D eigenvalue weighted by Gasteiger charge is -2.30. The number of halogens is 2. The van der Waals surface area contributed by atoms with Gasteiger partial charge in [-0.3, -0.25) is 9.48 Å². The highest BCUT2D eigenvalue weighted by atomic mass is 19.3. The second kappa shape index (κ2) is 9.54. The number of rotatable bonds is 8. The third-order valence-corrected chi connectivity index (χ3v) is 7.49. The van der Waals surface area contributed by atoms with Crippen LogP contribution in [-0.2, 0) is 0 Å². The monoisotopic (exact) mass is 485 g/mol. The second-order valence-corrected chi connectivity index (χ2v) is 10.4. The van der Waals surface area contributed by atoms with Crippen molar-refractivity contribution in [2.24, 2.45) is 17.8 Å². The molecule has 2 aliphatic rings. The lowest BCUT2D eigenvalue weighted by molar-refractivity contribution is 0.102. The molecular formula is C25H33F2N7O. The molecule has 0 aromatic carbocycles. The van der Waals surface area contributed by atoms with E-state index in [-0.39, 0.29) is 17.3 Å². The first-order chi connectivity index (χ1) is 16.8. The summed E-state index contributed by atoms with van der Waals surface area (Å²) in [5.74, 6) is 2.19. The van der Waals surface area contributed by atoms with Crippen molar-refractivity contribution in [3.63, 3.8) is 0 Å². The van der Waals surface area contributed by atoms with Crippen molar-refractivity contribution in [1.82, 2.24) is 24.4 Å². The minimum absolute atomic E-state index is 0.0392. The van der Waals surface area contributed by atoms with E-state index in [0.29, 0.717) is 23.4 Å². The van der Waals surface area contributed by atoms with Crippen LogP contribution in [0.4, 0.5) is 20.3 Å². The summed E-state index contributed by atoms with van der Waals surface area (Å²) in [4.78, 5) is 19.8. The summed E-state index contributed by atoms with van der Waals surface area (Å²) in [5.41, 5.74) is 0.258. The lowest BCUT2D eigenvalue weighted by atomic mass is 9.80. The SMILES string of the molecule is CC(C)C1CCC(n2cc(NC(=O)c3cnn4ccc(N(C)CC5CC5)nc34)c(C(F)F)n2)CC1. The van der Waals surface area contributed by atoms with E-state index in [1.54, 1.807) is 17.1 Å². The number of anilines is 2. The van der Waals surface area contributed by atoms with Gasteiger partial charge in [-0.1, -0.05) is 13.8 Å². The summed E-state index contributed by atoms with van der Waals surface area (Å²) in [6.07, 6.45) is 8.30. The van der Waals surface area contributed by atoms with Gasteiger partial charge in [-0.05, 0) is 62.3 Å². The standard InChI is InChI=1S/C25H33F2N7O/c1-15(2)17-6-8-18(9-7-17)34-14-20(22(31-34)23(26)27)29-25(35)19-12-28-33-11-10-21(30-24(19)33)32(3)13-16-4-5-16/h10-12,14-18,23H,4-9,13H2,1-3H3,(H,29,35). The van der Waals surface area contributed by atoms with Crippen LogP contribution in [0.5, 0.6) is 0 Å². The second-order valence-electron chi connectivity index (χ2n) is 10.4. The molecule has 0 radical (unpaired) electrons. The Kier molecular flexibility index (Phi) is 6.46. The maximum absolute atomic E-state index is 13.8. The molecule has 2 aliphatic carbocycles. The molecule has 3 aromatic rings. The topological polar surface area (TPSA) is 80.4 Å². The van der Waals surface area contributed by atoms with Crippen LogP contribution in [0.25, 0.3) is 5.65 Å². The van der Waals surface area contributed by atoms with Gasteiger partial charge in [0.2, 0.25) is 0 Å². The van der Waals surface area contributed by atoms with Crippen LogP contribution in [0, 0.1) is 17.8 Å². The van der Waals surface area contributed by atoms with Crippen LogP contribution >= 0.6 is 0 Å². The number of amides is 1. The van der Waals surface area contributed by atoms with Gasteiger partial charge in [-0.15, -0.1) is 0 Å². The summed E-state index contributed by atoms with van der Waals surface area (Å²) in [7, 11) is 1.98. The summed E-state index contributed by atoms with van der Waals surface area (Å²) >= 11 is 0. The molecule has 3 heterocycles. The van der Waals surface area contributed by atoms with Gasteiger partial charge in [-0.25, -0.2) is 18.3 Å². The predicted molar refractivity (Wildman–Crippen MR) is 130 cm³/mol. The third-order valence-electron chi connectivity index (χ3n) is 7.49. The van der Waals surface area contributed by atoms with Gasteiger partial charge in [-0.2, -0.15) is 10.2 Å². The lowest BCUT2D eigenvalue weighted by Crippen LogP contribution is -2.21. The Bertz CT molecular complexity index is 1190. The van der Waals surface area contributed by atoms with Gasteiger partial charge in [0, 0.05) is 26.0 Å². The van der Waals surface area contributed by atoms with Crippen LogP contribution in [0.15, 0.2) is 24.7 Å². The zero-order chi connectivity index (χ0) is 24.7. The highest BCUT2D eigenvalue weighted by Gasteiger charge is 2.28. The molecule has 188 valence electrons. The van der Waals surface area contributed by atoms with Crippen molar-refractivity contribution in [2.75, 3.05) is 23.8 Å².